The zero-order valence-corrected chi connectivity index (χ0v) is 7.85. The van der Waals surface area contributed by atoms with E-state index in [0.29, 0.717) is 18.5 Å². The van der Waals surface area contributed by atoms with Crippen molar-refractivity contribution in [3.8, 4) is 0 Å². The summed E-state index contributed by atoms with van der Waals surface area (Å²) in [6.45, 7) is 0.508. The van der Waals surface area contributed by atoms with Crippen LogP contribution in [0.25, 0.3) is 0 Å². The number of nitrogens with one attached hydrogen (secondary N) is 1. The van der Waals surface area contributed by atoms with Crippen LogP contribution in [0.15, 0.2) is 23.6 Å². The van der Waals surface area contributed by atoms with Crippen LogP contribution in [-0.2, 0) is 6.54 Å². The Labute approximate surface area is 82.5 Å². The molecule has 0 unspecified atom stereocenters. The van der Waals surface area contributed by atoms with Crippen LogP contribution in [0, 0.1) is 0 Å². The van der Waals surface area contributed by atoms with Gasteiger partial charge in [-0.3, -0.25) is 0 Å². The van der Waals surface area contributed by atoms with Crippen molar-refractivity contribution in [3.63, 3.8) is 0 Å². The Morgan fingerprint density at radius 2 is 2.50 bits per heavy atom. The van der Waals surface area contributed by atoms with Crippen molar-refractivity contribution in [2.24, 2.45) is 10.7 Å². The van der Waals surface area contributed by atoms with Gasteiger partial charge in [-0.15, -0.1) is 0 Å². The van der Waals surface area contributed by atoms with Gasteiger partial charge < -0.3 is 11.1 Å². The second kappa shape index (κ2) is 4.04. The first-order chi connectivity index (χ1) is 6.84. The monoisotopic (exact) mass is 191 g/mol. The lowest BCUT2D eigenvalue weighted by Crippen LogP contribution is -2.33. The summed E-state index contributed by atoms with van der Waals surface area (Å²) in [5, 5.41) is 3.11. The van der Waals surface area contributed by atoms with Crippen molar-refractivity contribution >= 4 is 5.96 Å². The van der Waals surface area contributed by atoms with Gasteiger partial charge in [-0.2, -0.15) is 0 Å². The average molecular weight is 191 g/mol. The van der Waals surface area contributed by atoms with Crippen LogP contribution in [0.5, 0.6) is 0 Å². The molecule has 3 N–H and O–H groups in total. The van der Waals surface area contributed by atoms with Gasteiger partial charge in [0.05, 0.1) is 12.2 Å². The van der Waals surface area contributed by atoms with Gasteiger partial charge in [-0.05, 0) is 18.9 Å². The first kappa shape index (κ1) is 8.93. The van der Waals surface area contributed by atoms with E-state index >= 15 is 0 Å². The number of aliphatic imine (C=N–C) groups is 1. The van der Waals surface area contributed by atoms with E-state index in [0.717, 1.165) is 5.69 Å². The molecule has 1 aromatic rings. The molecule has 74 valence electrons. The summed E-state index contributed by atoms with van der Waals surface area (Å²) in [5.41, 5.74) is 6.53. The number of nitrogens with two attached hydrogens (primary N) is 1. The normalized spacial score (nSPS) is 16.7. The molecule has 0 saturated heterocycles. The van der Waals surface area contributed by atoms with Crippen molar-refractivity contribution in [2.45, 2.75) is 25.4 Å². The molecule has 0 aliphatic heterocycles. The third-order valence-corrected chi connectivity index (χ3v) is 1.98. The highest BCUT2D eigenvalue weighted by Crippen LogP contribution is 2.17. The molecule has 0 bridgehead atoms. The van der Waals surface area contributed by atoms with Crippen LogP contribution in [0.1, 0.15) is 18.5 Å². The summed E-state index contributed by atoms with van der Waals surface area (Å²) in [6, 6.07) is 2.37. The third kappa shape index (κ3) is 2.69. The predicted molar refractivity (Wildman–Crippen MR) is 53.5 cm³/mol. The van der Waals surface area contributed by atoms with Crippen LogP contribution in [0.2, 0.25) is 0 Å². The number of guanidine groups is 1. The highest BCUT2D eigenvalue weighted by Gasteiger charge is 2.21. The van der Waals surface area contributed by atoms with E-state index in [1.807, 2.05) is 6.07 Å². The minimum atomic E-state index is 0.506. The molecule has 1 fully saturated rings. The van der Waals surface area contributed by atoms with Crippen LogP contribution >= 0.6 is 0 Å². The third-order valence-electron chi connectivity index (χ3n) is 1.98. The van der Waals surface area contributed by atoms with Gasteiger partial charge in [0.2, 0.25) is 0 Å². The molecule has 1 saturated carbocycles. The van der Waals surface area contributed by atoms with Crippen LogP contribution in [0.4, 0.5) is 0 Å². The number of rotatable bonds is 3. The lowest BCUT2D eigenvalue weighted by Gasteiger charge is -2.02. The van der Waals surface area contributed by atoms with E-state index in [1.54, 1.807) is 6.20 Å². The van der Waals surface area contributed by atoms with Gasteiger partial charge in [0.15, 0.2) is 5.96 Å². The average Bonchev–Trinajstić information content (AvgIpc) is 3.00. The van der Waals surface area contributed by atoms with Gasteiger partial charge in [0.1, 0.15) is 6.33 Å². The van der Waals surface area contributed by atoms with Gasteiger partial charge in [-0.1, -0.05) is 0 Å². The quantitative estimate of drug-likeness (QED) is 0.522. The first-order valence-electron chi connectivity index (χ1n) is 4.66. The fraction of sp³-hybridized carbons (Fsp3) is 0.444. The minimum absolute atomic E-state index is 0.506. The summed E-state index contributed by atoms with van der Waals surface area (Å²) in [7, 11) is 0. The molecule has 0 spiro atoms. The van der Waals surface area contributed by atoms with Crippen molar-refractivity contribution in [2.75, 3.05) is 0 Å². The van der Waals surface area contributed by atoms with Crippen molar-refractivity contribution < 1.29 is 0 Å². The summed E-state index contributed by atoms with van der Waals surface area (Å²) >= 11 is 0. The van der Waals surface area contributed by atoms with Crippen LogP contribution < -0.4 is 11.1 Å². The van der Waals surface area contributed by atoms with E-state index < -0.39 is 0 Å². The highest BCUT2D eigenvalue weighted by molar-refractivity contribution is 5.78. The maximum Gasteiger partial charge on any atom is 0.189 e. The van der Waals surface area contributed by atoms with Crippen molar-refractivity contribution in [1.82, 2.24) is 15.3 Å². The van der Waals surface area contributed by atoms with Gasteiger partial charge in [-0.25, -0.2) is 15.0 Å². The molecule has 14 heavy (non-hydrogen) atoms. The SMILES string of the molecule is NC(=NCc1ccncn1)NC1CC1. The zero-order valence-electron chi connectivity index (χ0n) is 7.85. The second-order valence-electron chi connectivity index (χ2n) is 3.32. The predicted octanol–water partition coefficient (Wildman–Crippen LogP) is 0.0433. The molecular weight excluding hydrogens is 178 g/mol. The Hall–Kier alpha value is -1.65. The molecule has 0 aromatic carbocycles. The lowest BCUT2D eigenvalue weighted by atomic mass is 10.4. The summed E-state index contributed by atoms with van der Waals surface area (Å²) in [5.74, 6) is 0.506. The number of hydrogen-bond donors (Lipinski definition) is 2. The largest absolute Gasteiger partial charge is 0.370 e. The molecule has 1 aromatic heterocycles. The fourth-order valence-corrected chi connectivity index (χ4v) is 1.06. The molecular formula is C9H13N5. The van der Waals surface area contributed by atoms with Crippen molar-refractivity contribution in [1.29, 1.82) is 0 Å². The molecule has 1 heterocycles. The Morgan fingerprint density at radius 3 is 3.14 bits per heavy atom. The summed E-state index contributed by atoms with van der Waals surface area (Å²) in [6.07, 6.45) is 5.60. The molecule has 1 aliphatic rings. The lowest BCUT2D eigenvalue weighted by molar-refractivity contribution is 0.869. The van der Waals surface area contributed by atoms with E-state index in [4.69, 9.17) is 5.73 Å². The van der Waals surface area contributed by atoms with Crippen LogP contribution in [0.3, 0.4) is 0 Å². The summed E-state index contributed by atoms with van der Waals surface area (Å²) in [4.78, 5) is 12.0. The van der Waals surface area contributed by atoms with E-state index in [-0.39, 0.29) is 0 Å². The maximum atomic E-state index is 5.66. The Bertz CT molecular complexity index is 317. The number of nitrogens with zero attached hydrogens (tertiary/aromatic N) is 3. The highest BCUT2D eigenvalue weighted by atomic mass is 15.1. The molecule has 0 atom stereocenters. The first-order valence-corrected chi connectivity index (χ1v) is 4.66. The van der Waals surface area contributed by atoms with E-state index in [2.05, 4.69) is 20.3 Å². The zero-order chi connectivity index (χ0) is 9.80. The number of aromatic nitrogens is 2. The summed E-state index contributed by atoms with van der Waals surface area (Å²) < 4.78 is 0. The molecule has 0 radical (unpaired) electrons. The maximum absolute atomic E-state index is 5.66. The fourth-order valence-electron chi connectivity index (χ4n) is 1.06. The molecule has 1 aliphatic carbocycles. The van der Waals surface area contributed by atoms with Crippen LogP contribution in [-0.4, -0.2) is 22.0 Å². The van der Waals surface area contributed by atoms with Crippen molar-refractivity contribution in [3.05, 3.63) is 24.3 Å². The second-order valence-corrected chi connectivity index (χ2v) is 3.32. The number of hydrogen-bond acceptors (Lipinski definition) is 3. The molecule has 2 rings (SSSR count). The Balaban J connectivity index is 1.85. The smallest absolute Gasteiger partial charge is 0.189 e. The minimum Gasteiger partial charge on any atom is -0.370 e. The standard InChI is InChI=1S/C9H13N5/c10-9(14-7-1-2-7)12-5-8-3-4-11-6-13-8/h3-4,6-7H,1-2,5H2,(H3,10,12,14). The van der Waals surface area contributed by atoms with Gasteiger partial charge >= 0.3 is 0 Å². The van der Waals surface area contributed by atoms with E-state index in [1.165, 1.54) is 19.2 Å². The van der Waals surface area contributed by atoms with E-state index in [9.17, 15) is 0 Å². The Morgan fingerprint density at radius 1 is 1.64 bits per heavy atom. The topological polar surface area (TPSA) is 76.2 Å². The molecule has 0 amide bonds. The molecule has 5 nitrogen and oxygen atoms in total. The Kier molecular flexibility index (Phi) is 2.58. The molecule has 5 heteroatoms. The van der Waals surface area contributed by atoms with Gasteiger partial charge in [0, 0.05) is 12.2 Å². The van der Waals surface area contributed by atoms with Gasteiger partial charge in [0.25, 0.3) is 0 Å².